The molecule has 0 spiro atoms. The topological polar surface area (TPSA) is 29.5 Å². The quantitative estimate of drug-likeness (QED) is 0.535. The van der Waals surface area contributed by atoms with E-state index in [4.69, 9.17) is 11.6 Å². The summed E-state index contributed by atoms with van der Waals surface area (Å²) in [5, 5.41) is 0.786. The van der Waals surface area contributed by atoms with Gasteiger partial charge in [-0.25, -0.2) is 4.79 Å². The molecule has 2 aromatic carbocycles. The van der Waals surface area contributed by atoms with Crippen LogP contribution in [0.1, 0.15) is 35.6 Å². The highest BCUT2D eigenvalue weighted by Crippen LogP contribution is 2.32. The molecule has 1 heterocycles. The summed E-state index contributed by atoms with van der Waals surface area (Å²) in [5.41, 5.74) is 3.67. The third-order valence-electron chi connectivity index (χ3n) is 4.90. The first kappa shape index (κ1) is 18.7. The van der Waals surface area contributed by atoms with Crippen molar-refractivity contribution in [3.8, 4) is 0 Å². The molecular formula is C22H24ClNO2. The number of benzene rings is 2. The number of hydrogen-bond donors (Lipinski definition) is 0. The minimum atomic E-state index is -0.335. The van der Waals surface area contributed by atoms with Gasteiger partial charge in [-0.3, -0.25) is 4.90 Å². The van der Waals surface area contributed by atoms with E-state index >= 15 is 0 Å². The van der Waals surface area contributed by atoms with Gasteiger partial charge in [-0.2, -0.15) is 0 Å². The molecular weight excluding hydrogens is 346 g/mol. The number of methoxy groups -OCH3 is 1. The van der Waals surface area contributed by atoms with Crippen molar-refractivity contribution in [2.24, 2.45) is 0 Å². The van der Waals surface area contributed by atoms with Crippen LogP contribution in [-0.4, -0.2) is 31.1 Å². The average molecular weight is 370 g/mol. The third kappa shape index (κ3) is 4.96. The van der Waals surface area contributed by atoms with Gasteiger partial charge in [0.1, 0.15) is 0 Å². The van der Waals surface area contributed by atoms with Crippen molar-refractivity contribution in [3.05, 3.63) is 76.3 Å². The van der Waals surface area contributed by atoms with Crippen molar-refractivity contribution in [3.63, 3.8) is 0 Å². The lowest BCUT2D eigenvalue weighted by atomic mass is 10.0. The highest BCUT2D eigenvalue weighted by atomic mass is 35.5. The number of rotatable bonds is 6. The number of esters is 1. The molecule has 1 saturated heterocycles. The van der Waals surface area contributed by atoms with E-state index in [0.717, 1.165) is 30.1 Å². The normalized spacial score (nSPS) is 17.7. The molecule has 1 atom stereocenters. The third-order valence-corrected chi connectivity index (χ3v) is 5.15. The molecule has 0 amide bonds. The van der Waals surface area contributed by atoms with Crippen molar-refractivity contribution < 1.29 is 9.53 Å². The summed E-state index contributed by atoms with van der Waals surface area (Å²) in [5.74, 6) is -0.335. The van der Waals surface area contributed by atoms with Crippen LogP contribution < -0.4 is 0 Å². The lowest BCUT2D eigenvalue weighted by Gasteiger charge is -2.25. The first-order valence-electron chi connectivity index (χ1n) is 9.00. The van der Waals surface area contributed by atoms with Crippen LogP contribution in [0.2, 0.25) is 5.02 Å². The summed E-state index contributed by atoms with van der Waals surface area (Å²) in [7, 11) is 1.38. The number of halogens is 1. The van der Waals surface area contributed by atoms with E-state index in [2.05, 4.69) is 46.0 Å². The second-order valence-corrected chi connectivity index (χ2v) is 7.03. The standard InChI is InChI=1S/C22H24ClNO2/c1-26-22(25)13-8-17-4-9-19(10-5-17)21-3-2-15-24(21)16-14-18-6-11-20(23)12-7-18/h4-13,21H,2-3,14-16H2,1H3/t21-/m0/s1. The molecule has 136 valence electrons. The van der Waals surface area contributed by atoms with Gasteiger partial charge in [0.2, 0.25) is 0 Å². The molecule has 1 aliphatic heterocycles. The van der Waals surface area contributed by atoms with Gasteiger partial charge in [-0.05, 0) is 60.7 Å². The molecule has 4 heteroatoms. The van der Waals surface area contributed by atoms with Crippen LogP contribution >= 0.6 is 11.6 Å². The summed E-state index contributed by atoms with van der Waals surface area (Å²) in [4.78, 5) is 13.8. The zero-order valence-electron chi connectivity index (χ0n) is 15.0. The summed E-state index contributed by atoms with van der Waals surface area (Å²) >= 11 is 5.96. The van der Waals surface area contributed by atoms with E-state index in [1.807, 2.05) is 12.1 Å². The van der Waals surface area contributed by atoms with Crippen LogP contribution in [0.15, 0.2) is 54.6 Å². The Morgan fingerprint density at radius 2 is 1.92 bits per heavy atom. The first-order chi connectivity index (χ1) is 12.7. The Kier molecular flexibility index (Phi) is 6.48. The predicted octanol–water partition coefficient (Wildman–Crippen LogP) is 4.91. The maximum atomic E-state index is 11.2. The van der Waals surface area contributed by atoms with Gasteiger partial charge in [0, 0.05) is 23.7 Å². The number of likely N-dealkylation sites (tertiary alicyclic amines) is 1. The molecule has 0 unspecified atom stereocenters. The Hall–Kier alpha value is -2.10. The molecule has 1 fully saturated rings. The smallest absolute Gasteiger partial charge is 0.330 e. The van der Waals surface area contributed by atoms with Crippen molar-refractivity contribution in [1.29, 1.82) is 0 Å². The second-order valence-electron chi connectivity index (χ2n) is 6.59. The van der Waals surface area contributed by atoms with Gasteiger partial charge in [-0.1, -0.05) is 48.0 Å². The molecule has 0 radical (unpaired) electrons. The van der Waals surface area contributed by atoms with Gasteiger partial charge in [-0.15, -0.1) is 0 Å². The van der Waals surface area contributed by atoms with Crippen molar-refractivity contribution in [2.45, 2.75) is 25.3 Å². The Morgan fingerprint density at radius 3 is 2.62 bits per heavy atom. The van der Waals surface area contributed by atoms with Crippen LogP contribution in [-0.2, 0) is 16.0 Å². The molecule has 3 rings (SSSR count). The van der Waals surface area contributed by atoms with Crippen LogP contribution in [0.5, 0.6) is 0 Å². The summed E-state index contributed by atoms with van der Waals surface area (Å²) in [6.07, 6.45) is 6.69. The number of carbonyl (C=O) groups excluding carboxylic acids is 1. The Bertz CT molecular complexity index is 753. The Balaban J connectivity index is 1.61. The SMILES string of the molecule is COC(=O)C=Cc1ccc([C@@H]2CCCN2CCc2ccc(Cl)cc2)cc1. The molecule has 0 bridgehead atoms. The number of ether oxygens (including phenoxy) is 1. The van der Waals surface area contributed by atoms with Gasteiger partial charge in [0.05, 0.1) is 7.11 Å². The fourth-order valence-electron chi connectivity index (χ4n) is 3.46. The van der Waals surface area contributed by atoms with Gasteiger partial charge >= 0.3 is 5.97 Å². The number of nitrogens with zero attached hydrogens (tertiary/aromatic N) is 1. The largest absolute Gasteiger partial charge is 0.466 e. The van der Waals surface area contributed by atoms with Crippen molar-refractivity contribution in [2.75, 3.05) is 20.2 Å². The van der Waals surface area contributed by atoms with Crippen LogP contribution in [0, 0.1) is 0 Å². The van der Waals surface area contributed by atoms with Gasteiger partial charge in [0.15, 0.2) is 0 Å². The minimum absolute atomic E-state index is 0.335. The highest BCUT2D eigenvalue weighted by molar-refractivity contribution is 6.30. The van der Waals surface area contributed by atoms with Crippen LogP contribution in [0.4, 0.5) is 0 Å². The summed E-state index contributed by atoms with van der Waals surface area (Å²) < 4.78 is 4.62. The van der Waals surface area contributed by atoms with E-state index in [9.17, 15) is 4.79 Å². The molecule has 1 aliphatic rings. The first-order valence-corrected chi connectivity index (χ1v) is 9.38. The predicted molar refractivity (Wildman–Crippen MR) is 106 cm³/mol. The second kappa shape index (κ2) is 9.02. The monoisotopic (exact) mass is 369 g/mol. The molecule has 0 saturated carbocycles. The maximum absolute atomic E-state index is 11.2. The van der Waals surface area contributed by atoms with Crippen molar-refractivity contribution in [1.82, 2.24) is 4.90 Å². The maximum Gasteiger partial charge on any atom is 0.330 e. The van der Waals surface area contributed by atoms with Gasteiger partial charge in [0.25, 0.3) is 0 Å². The zero-order valence-corrected chi connectivity index (χ0v) is 15.8. The fourth-order valence-corrected chi connectivity index (χ4v) is 3.58. The number of carbonyl (C=O) groups is 1. The molecule has 3 nitrogen and oxygen atoms in total. The Morgan fingerprint density at radius 1 is 1.19 bits per heavy atom. The molecule has 26 heavy (non-hydrogen) atoms. The molecule has 0 aliphatic carbocycles. The van der Waals surface area contributed by atoms with E-state index in [-0.39, 0.29) is 5.97 Å². The average Bonchev–Trinajstić information content (AvgIpc) is 3.14. The van der Waals surface area contributed by atoms with E-state index in [0.29, 0.717) is 6.04 Å². The molecule has 0 N–H and O–H groups in total. The number of hydrogen-bond acceptors (Lipinski definition) is 3. The van der Waals surface area contributed by atoms with E-state index in [1.165, 1.54) is 37.2 Å². The zero-order chi connectivity index (χ0) is 18.4. The summed E-state index contributed by atoms with van der Waals surface area (Å²) in [6, 6.07) is 17.1. The van der Waals surface area contributed by atoms with E-state index in [1.54, 1.807) is 6.08 Å². The van der Waals surface area contributed by atoms with Crippen LogP contribution in [0.25, 0.3) is 6.08 Å². The minimum Gasteiger partial charge on any atom is -0.466 e. The fraction of sp³-hybridized carbons (Fsp3) is 0.318. The lowest BCUT2D eigenvalue weighted by molar-refractivity contribution is -0.134. The van der Waals surface area contributed by atoms with Gasteiger partial charge < -0.3 is 4.74 Å². The highest BCUT2D eigenvalue weighted by Gasteiger charge is 2.25. The summed E-state index contributed by atoms with van der Waals surface area (Å²) in [6.45, 7) is 2.19. The molecule has 2 aromatic rings. The Labute approximate surface area is 160 Å². The van der Waals surface area contributed by atoms with Crippen LogP contribution in [0.3, 0.4) is 0 Å². The lowest BCUT2D eigenvalue weighted by Crippen LogP contribution is -2.25. The van der Waals surface area contributed by atoms with Crippen molar-refractivity contribution >= 4 is 23.6 Å². The molecule has 0 aromatic heterocycles. The van der Waals surface area contributed by atoms with E-state index < -0.39 is 0 Å².